The molecule has 10 aromatic rings. The molecule has 0 saturated heterocycles. The average molecular weight is 615 g/mol. The van der Waals surface area contributed by atoms with Crippen molar-refractivity contribution in [2.24, 2.45) is 0 Å². The van der Waals surface area contributed by atoms with Gasteiger partial charge in [0.05, 0.1) is 28.4 Å². The molecule has 0 unspecified atom stereocenters. The molecule has 0 N–H and O–H groups in total. The highest BCUT2D eigenvalue weighted by molar-refractivity contribution is 6.30. The summed E-state index contributed by atoms with van der Waals surface area (Å²) in [5.74, 6) is 1.82. The smallest absolute Gasteiger partial charge is 0.238 e. The summed E-state index contributed by atoms with van der Waals surface area (Å²) in [5, 5.41) is 13.1. The van der Waals surface area contributed by atoms with Crippen molar-refractivity contribution in [3.63, 3.8) is 0 Å². The maximum Gasteiger partial charge on any atom is 0.238 e. The van der Waals surface area contributed by atoms with Gasteiger partial charge in [-0.25, -0.2) is 9.67 Å². The molecule has 224 valence electrons. The second kappa shape index (κ2) is 10.4. The maximum atomic E-state index is 5.15. The fraction of sp³-hybridized carbons (Fsp3) is 0. The standard InChI is InChI=1S/C42H26N6/c1-4-13-28(14-5-1)40-44-41(29-15-6-2-7-16-29)46-42(45-40)47-36-23-22-32-31-19-11-10-12-27(31)20-21-33(32)38(36)39-34-26-43-48(30-17-8-3-9-18-30)35(34)24-25-37(39)47/h1-26H. The van der Waals surface area contributed by atoms with E-state index in [1.54, 1.807) is 0 Å². The van der Waals surface area contributed by atoms with Crippen LogP contribution in [-0.4, -0.2) is 29.3 Å². The lowest BCUT2D eigenvalue weighted by molar-refractivity contribution is 0.911. The van der Waals surface area contributed by atoms with Gasteiger partial charge in [-0.2, -0.15) is 15.1 Å². The predicted molar refractivity (Wildman–Crippen MR) is 195 cm³/mol. The molecule has 0 atom stereocenters. The van der Waals surface area contributed by atoms with Gasteiger partial charge in [0.1, 0.15) is 0 Å². The van der Waals surface area contributed by atoms with Crippen LogP contribution < -0.4 is 0 Å². The highest BCUT2D eigenvalue weighted by atomic mass is 15.3. The molecule has 0 aliphatic rings. The molecule has 0 aliphatic heterocycles. The number of benzene rings is 7. The predicted octanol–water partition coefficient (Wildman–Crippen LogP) is 9.95. The minimum Gasteiger partial charge on any atom is -0.278 e. The SMILES string of the molecule is c1ccc(-c2nc(-c3ccccc3)nc(-n3c4ccc5c6ccccc6ccc5c4c4c5cnn(-c6ccccc6)c5ccc43)n2)cc1. The van der Waals surface area contributed by atoms with Crippen molar-refractivity contribution in [2.45, 2.75) is 0 Å². The molecular weight excluding hydrogens is 589 g/mol. The molecule has 10 rings (SSSR count). The molecule has 48 heavy (non-hydrogen) atoms. The van der Waals surface area contributed by atoms with Crippen LogP contribution in [0, 0.1) is 0 Å². The molecule has 0 spiro atoms. The monoisotopic (exact) mass is 614 g/mol. The van der Waals surface area contributed by atoms with Gasteiger partial charge in [-0.3, -0.25) is 4.57 Å². The summed E-state index contributed by atoms with van der Waals surface area (Å²) in [6.45, 7) is 0. The Bertz CT molecular complexity index is 2760. The molecule has 0 radical (unpaired) electrons. The van der Waals surface area contributed by atoms with E-state index in [-0.39, 0.29) is 0 Å². The third kappa shape index (κ3) is 3.99. The summed E-state index contributed by atoms with van der Waals surface area (Å²) in [4.78, 5) is 15.3. The van der Waals surface area contributed by atoms with Crippen LogP contribution in [0.5, 0.6) is 0 Å². The van der Waals surface area contributed by atoms with Crippen LogP contribution in [0.3, 0.4) is 0 Å². The first-order valence-electron chi connectivity index (χ1n) is 16.0. The zero-order valence-corrected chi connectivity index (χ0v) is 25.7. The van der Waals surface area contributed by atoms with Crippen molar-refractivity contribution in [2.75, 3.05) is 0 Å². The first-order chi connectivity index (χ1) is 23.8. The van der Waals surface area contributed by atoms with Crippen molar-refractivity contribution in [3.05, 3.63) is 158 Å². The van der Waals surface area contributed by atoms with Crippen molar-refractivity contribution < 1.29 is 0 Å². The van der Waals surface area contributed by atoms with Gasteiger partial charge in [0.25, 0.3) is 0 Å². The number of hydrogen-bond acceptors (Lipinski definition) is 4. The van der Waals surface area contributed by atoms with E-state index in [0.717, 1.165) is 49.5 Å². The lowest BCUT2D eigenvalue weighted by Gasteiger charge is -2.11. The number of hydrogen-bond donors (Lipinski definition) is 0. The van der Waals surface area contributed by atoms with Gasteiger partial charge in [0, 0.05) is 27.3 Å². The van der Waals surface area contributed by atoms with E-state index in [2.05, 4.69) is 77.4 Å². The van der Waals surface area contributed by atoms with Crippen molar-refractivity contribution in [1.82, 2.24) is 29.3 Å². The van der Waals surface area contributed by atoms with Gasteiger partial charge in [0.2, 0.25) is 5.95 Å². The van der Waals surface area contributed by atoms with Crippen LogP contribution >= 0.6 is 0 Å². The summed E-state index contributed by atoms with van der Waals surface area (Å²) in [6.07, 6.45) is 1.99. The Morgan fingerprint density at radius 3 is 1.67 bits per heavy atom. The van der Waals surface area contributed by atoms with E-state index in [1.807, 2.05) is 89.7 Å². The Balaban J connectivity index is 1.35. The zero-order chi connectivity index (χ0) is 31.6. The van der Waals surface area contributed by atoms with E-state index in [9.17, 15) is 0 Å². The quantitative estimate of drug-likeness (QED) is 0.185. The topological polar surface area (TPSA) is 61.4 Å². The molecule has 6 nitrogen and oxygen atoms in total. The highest BCUT2D eigenvalue weighted by Crippen LogP contribution is 2.42. The molecule has 0 aliphatic carbocycles. The second-order valence-electron chi connectivity index (χ2n) is 12.0. The molecule has 3 heterocycles. The summed E-state index contributed by atoms with van der Waals surface area (Å²) < 4.78 is 4.21. The lowest BCUT2D eigenvalue weighted by Crippen LogP contribution is -2.06. The van der Waals surface area contributed by atoms with E-state index in [4.69, 9.17) is 20.1 Å². The minimum atomic E-state index is 0.567. The van der Waals surface area contributed by atoms with E-state index in [1.165, 1.54) is 21.5 Å². The normalized spacial score (nSPS) is 11.8. The first-order valence-corrected chi connectivity index (χ1v) is 16.0. The first kappa shape index (κ1) is 26.5. The third-order valence-corrected chi connectivity index (χ3v) is 9.26. The largest absolute Gasteiger partial charge is 0.278 e. The molecular formula is C42H26N6. The van der Waals surface area contributed by atoms with E-state index in [0.29, 0.717) is 17.6 Å². The fourth-order valence-electron chi connectivity index (χ4n) is 7.08. The van der Waals surface area contributed by atoms with Gasteiger partial charge >= 0.3 is 0 Å². The Kier molecular flexibility index (Phi) is 5.77. The number of fused-ring (bicyclic) bond motifs is 9. The molecule has 0 fully saturated rings. The highest BCUT2D eigenvalue weighted by Gasteiger charge is 2.22. The van der Waals surface area contributed by atoms with Crippen molar-refractivity contribution in [3.8, 4) is 34.4 Å². The number of para-hydroxylation sites is 1. The molecule has 0 saturated carbocycles. The second-order valence-corrected chi connectivity index (χ2v) is 12.0. The van der Waals surface area contributed by atoms with Gasteiger partial charge in [-0.1, -0.05) is 121 Å². The third-order valence-electron chi connectivity index (χ3n) is 9.26. The maximum absolute atomic E-state index is 5.15. The Hall–Kier alpha value is -6.66. The summed E-state index contributed by atoms with van der Waals surface area (Å²) in [6, 6.07) is 52.3. The van der Waals surface area contributed by atoms with Crippen molar-refractivity contribution >= 4 is 54.3 Å². The average Bonchev–Trinajstić information content (AvgIpc) is 3.75. The number of rotatable bonds is 4. The van der Waals surface area contributed by atoms with Gasteiger partial charge < -0.3 is 0 Å². The number of nitrogens with zero attached hydrogens (tertiary/aromatic N) is 6. The molecule has 6 heteroatoms. The van der Waals surface area contributed by atoms with Crippen LogP contribution in [0.25, 0.3) is 88.7 Å². The van der Waals surface area contributed by atoms with E-state index >= 15 is 0 Å². The zero-order valence-electron chi connectivity index (χ0n) is 25.7. The lowest BCUT2D eigenvalue weighted by atomic mass is 9.97. The van der Waals surface area contributed by atoms with Gasteiger partial charge in [0.15, 0.2) is 11.6 Å². The number of aromatic nitrogens is 6. The van der Waals surface area contributed by atoms with E-state index < -0.39 is 0 Å². The minimum absolute atomic E-state index is 0.567. The molecule has 0 bridgehead atoms. The summed E-state index contributed by atoms with van der Waals surface area (Å²) >= 11 is 0. The van der Waals surface area contributed by atoms with Crippen LogP contribution in [0.1, 0.15) is 0 Å². The molecule has 0 amide bonds. The van der Waals surface area contributed by atoms with Crippen LogP contribution in [0.2, 0.25) is 0 Å². The van der Waals surface area contributed by atoms with Crippen LogP contribution in [-0.2, 0) is 0 Å². The van der Waals surface area contributed by atoms with Gasteiger partial charge in [-0.05, 0) is 51.9 Å². The van der Waals surface area contributed by atoms with Crippen LogP contribution in [0.4, 0.5) is 0 Å². The molecule has 3 aromatic heterocycles. The van der Waals surface area contributed by atoms with Crippen LogP contribution in [0.15, 0.2) is 158 Å². The summed E-state index contributed by atoms with van der Waals surface area (Å²) in [5.41, 5.74) is 5.96. The Morgan fingerprint density at radius 2 is 0.958 bits per heavy atom. The molecule has 7 aromatic carbocycles. The Morgan fingerprint density at radius 1 is 0.396 bits per heavy atom. The fourth-order valence-corrected chi connectivity index (χ4v) is 7.08. The Labute approximate surface area is 275 Å². The van der Waals surface area contributed by atoms with Gasteiger partial charge in [-0.15, -0.1) is 0 Å². The van der Waals surface area contributed by atoms with Crippen molar-refractivity contribution in [1.29, 1.82) is 0 Å². The summed E-state index contributed by atoms with van der Waals surface area (Å²) in [7, 11) is 0.